The third-order valence-electron chi connectivity index (χ3n) is 5.41. The molecule has 164 valence electrons. The van der Waals surface area contributed by atoms with Gasteiger partial charge in [-0.1, -0.05) is 38.1 Å². The van der Waals surface area contributed by atoms with E-state index in [1.165, 1.54) is 11.1 Å². The van der Waals surface area contributed by atoms with Crippen molar-refractivity contribution in [2.75, 3.05) is 6.61 Å². The minimum atomic E-state index is -1.05. The Labute approximate surface area is 182 Å². The minimum absolute atomic E-state index is 0.209. The van der Waals surface area contributed by atoms with Crippen molar-refractivity contribution in [2.45, 2.75) is 52.0 Å². The molecule has 3 N–H and O–H groups in total. The van der Waals surface area contributed by atoms with Gasteiger partial charge in [-0.15, -0.1) is 0 Å². The monoisotopic (exact) mass is 422 g/mol. The third-order valence-corrected chi connectivity index (χ3v) is 5.41. The molecular formula is C25H30N2O4. The quantitative estimate of drug-likeness (QED) is 0.417. The van der Waals surface area contributed by atoms with Gasteiger partial charge in [0.05, 0.1) is 6.61 Å². The molecule has 0 aliphatic heterocycles. The Bertz CT molecular complexity index is 1050. The number of H-pyrrole nitrogens is 1. The first-order chi connectivity index (χ1) is 14.8. The molecule has 1 amide bonds. The summed E-state index contributed by atoms with van der Waals surface area (Å²) >= 11 is 0. The summed E-state index contributed by atoms with van der Waals surface area (Å²) in [6.45, 7) is 6.78. The second-order valence-corrected chi connectivity index (χ2v) is 8.15. The molecule has 1 heterocycles. The number of carboxylic acid groups (broad SMARTS) is 1. The summed E-state index contributed by atoms with van der Waals surface area (Å²) in [5.41, 5.74) is 4.29. The highest BCUT2D eigenvalue weighted by Gasteiger charge is 2.21. The smallest absolute Gasteiger partial charge is 0.326 e. The lowest BCUT2D eigenvalue weighted by Gasteiger charge is -2.15. The molecule has 0 fully saturated rings. The van der Waals surface area contributed by atoms with Crippen molar-refractivity contribution in [3.05, 3.63) is 65.4 Å². The standard InChI is InChI=1S/C25H30N2O4/c1-16(2)20-11-10-19(13-17(20)3)31-12-6-9-24(28)27-23(25(29)30)14-18-15-26-22-8-5-4-7-21(18)22/h4-5,7-8,10-11,13,15-16,23,26H,6,9,12,14H2,1-3H3,(H,27,28)(H,29,30). The van der Waals surface area contributed by atoms with E-state index in [4.69, 9.17) is 4.74 Å². The average Bonchev–Trinajstić information content (AvgIpc) is 3.13. The molecule has 1 unspecified atom stereocenters. The number of aliphatic carboxylic acids is 1. The Balaban J connectivity index is 1.48. The number of para-hydroxylation sites is 1. The van der Waals surface area contributed by atoms with E-state index in [0.29, 0.717) is 18.9 Å². The highest BCUT2D eigenvalue weighted by Crippen LogP contribution is 2.23. The van der Waals surface area contributed by atoms with E-state index in [9.17, 15) is 14.7 Å². The van der Waals surface area contributed by atoms with Gasteiger partial charge >= 0.3 is 5.97 Å². The zero-order valence-corrected chi connectivity index (χ0v) is 18.3. The third kappa shape index (κ3) is 5.87. The number of aryl methyl sites for hydroxylation is 1. The summed E-state index contributed by atoms with van der Waals surface area (Å²) in [6.07, 6.45) is 2.74. The van der Waals surface area contributed by atoms with Gasteiger partial charge < -0.3 is 20.1 Å². The Hall–Kier alpha value is -3.28. The fourth-order valence-corrected chi connectivity index (χ4v) is 3.80. The number of amides is 1. The largest absolute Gasteiger partial charge is 0.494 e. The molecule has 3 rings (SSSR count). The molecule has 0 saturated carbocycles. The van der Waals surface area contributed by atoms with Crippen LogP contribution in [0.15, 0.2) is 48.7 Å². The van der Waals surface area contributed by atoms with Crippen LogP contribution in [0, 0.1) is 6.92 Å². The van der Waals surface area contributed by atoms with Crippen molar-refractivity contribution in [2.24, 2.45) is 0 Å². The van der Waals surface area contributed by atoms with Crippen LogP contribution in [0.1, 0.15) is 49.3 Å². The average molecular weight is 423 g/mol. The molecule has 2 aromatic carbocycles. The van der Waals surface area contributed by atoms with Crippen LogP contribution in [0.5, 0.6) is 5.75 Å². The van der Waals surface area contributed by atoms with E-state index < -0.39 is 12.0 Å². The second kappa shape index (κ2) is 10.2. The van der Waals surface area contributed by atoms with Gasteiger partial charge in [-0.25, -0.2) is 4.79 Å². The maximum Gasteiger partial charge on any atom is 0.326 e. The summed E-state index contributed by atoms with van der Waals surface area (Å²) in [5.74, 6) is -0.0907. The van der Waals surface area contributed by atoms with Crippen molar-refractivity contribution >= 4 is 22.8 Å². The Kier molecular flexibility index (Phi) is 7.34. The Morgan fingerprint density at radius 2 is 1.94 bits per heavy atom. The summed E-state index contributed by atoms with van der Waals surface area (Å²) < 4.78 is 5.76. The lowest BCUT2D eigenvalue weighted by molar-refractivity contribution is -0.141. The van der Waals surface area contributed by atoms with Crippen LogP contribution < -0.4 is 10.1 Å². The van der Waals surface area contributed by atoms with Gasteiger partial charge in [0.25, 0.3) is 0 Å². The van der Waals surface area contributed by atoms with E-state index in [0.717, 1.165) is 22.2 Å². The van der Waals surface area contributed by atoms with Crippen molar-refractivity contribution < 1.29 is 19.4 Å². The van der Waals surface area contributed by atoms with E-state index >= 15 is 0 Å². The summed E-state index contributed by atoms with van der Waals surface area (Å²) in [4.78, 5) is 27.1. The molecule has 0 radical (unpaired) electrons. The number of ether oxygens (including phenoxy) is 1. The van der Waals surface area contributed by atoms with Crippen LogP contribution in [-0.2, 0) is 16.0 Å². The lowest BCUT2D eigenvalue weighted by atomic mass is 9.98. The number of aromatic amines is 1. The predicted octanol–water partition coefficient (Wildman–Crippen LogP) is 4.57. The Morgan fingerprint density at radius 3 is 2.65 bits per heavy atom. The maximum atomic E-state index is 12.3. The van der Waals surface area contributed by atoms with E-state index in [1.54, 1.807) is 6.20 Å². The highest BCUT2D eigenvalue weighted by molar-refractivity contribution is 5.86. The topological polar surface area (TPSA) is 91.4 Å². The van der Waals surface area contributed by atoms with Crippen LogP contribution in [-0.4, -0.2) is 34.6 Å². The SMILES string of the molecule is Cc1cc(OCCCC(=O)NC(Cc2c[nH]c3ccccc23)C(=O)O)ccc1C(C)C. The van der Waals surface area contributed by atoms with Gasteiger partial charge in [-0.2, -0.15) is 0 Å². The number of carbonyl (C=O) groups excluding carboxylic acids is 1. The van der Waals surface area contributed by atoms with Crippen LogP contribution >= 0.6 is 0 Å². The van der Waals surface area contributed by atoms with Gasteiger partial charge in [0.1, 0.15) is 11.8 Å². The zero-order chi connectivity index (χ0) is 22.4. The molecule has 6 nitrogen and oxygen atoms in total. The number of fused-ring (bicyclic) bond motifs is 1. The molecular weight excluding hydrogens is 392 g/mol. The Morgan fingerprint density at radius 1 is 1.16 bits per heavy atom. The molecule has 1 atom stereocenters. The fraction of sp³-hybridized carbons (Fsp3) is 0.360. The predicted molar refractivity (Wildman–Crippen MR) is 122 cm³/mol. The van der Waals surface area contributed by atoms with Crippen molar-refractivity contribution in [3.8, 4) is 5.75 Å². The number of hydrogen-bond donors (Lipinski definition) is 3. The summed E-state index contributed by atoms with van der Waals surface area (Å²) in [6, 6.07) is 12.8. The first-order valence-electron chi connectivity index (χ1n) is 10.7. The lowest BCUT2D eigenvalue weighted by Crippen LogP contribution is -2.42. The number of rotatable bonds is 10. The molecule has 6 heteroatoms. The maximum absolute atomic E-state index is 12.3. The number of carbonyl (C=O) groups is 2. The van der Waals surface area contributed by atoms with Crippen LogP contribution in [0.2, 0.25) is 0 Å². The fourth-order valence-electron chi connectivity index (χ4n) is 3.80. The molecule has 3 aromatic rings. The molecule has 1 aromatic heterocycles. The van der Waals surface area contributed by atoms with E-state index in [-0.39, 0.29) is 18.7 Å². The molecule has 0 saturated heterocycles. The van der Waals surface area contributed by atoms with Gasteiger partial charge in [0, 0.05) is 29.9 Å². The molecule has 0 aliphatic carbocycles. The number of benzene rings is 2. The van der Waals surface area contributed by atoms with Gasteiger partial charge in [0.2, 0.25) is 5.91 Å². The zero-order valence-electron chi connectivity index (χ0n) is 18.3. The molecule has 0 aliphatic rings. The number of hydrogen-bond acceptors (Lipinski definition) is 3. The van der Waals surface area contributed by atoms with Crippen molar-refractivity contribution in [1.29, 1.82) is 0 Å². The summed E-state index contributed by atoms with van der Waals surface area (Å²) in [7, 11) is 0. The normalized spacial score (nSPS) is 12.1. The van der Waals surface area contributed by atoms with E-state index in [2.05, 4.69) is 37.1 Å². The van der Waals surface area contributed by atoms with Gasteiger partial charge in [0.15, 0.2) is 0 Å². The first kappa shape index (κ1) is 22.4. The highest BCUT2D eigenvalue weighted by atomic mass is 16.5. The second-order valence-electron chi connectivity index (χ2n) is 8.15. The summed E-state index contributed by atoms with van der Waals surface area (Å²) in [5, 5.41) is 13.2. The molecule has 0 spiro atoms. The van der Waals surface area contributed by atoms with Crippen molar-refractivity contribution in [3.63, 3.8) is 0 Å². The van der Waals surface area contributed by atoms with Crippen molar-refractivity contribution in [1.82, 2.24) is 10.3 Å². The van der Waals surface area contributed by atoms with Crippen LogP contribution in [0.25, 0.3) is 10.9 Å². The first-order valence-corrected chi connectivity index (χ1v) is 10.7. The minimum Gasteiger partial charge on any atom is -0.494 e. The molecule has 31 heavy (non-hydrogen) atoms. The number of carboxylic acids is 1. The van der Waals surface area contributed by atoms with Gasteiger partial charge in [-0.3, -0.25) is 4.79 Å². The van der Waals surface area contributed by atoms with Gasteiger partial charge in [-0.05, 0) is 54.2 Å². The van der Waals surface area contributed by atoms with Crippen LogP contribution in [0.3, 0.4) is 0 Å². The van der Waals surface area contributed by atoms with Crippen LogP contribution in [0.4, 0.5) is 0 Å². The number of nitrogens with one attached hydrogen (secondary N) is 2. The molecule has 0 bridgehead atoms. The number of aromatic nitrogens is 1. The van der Waals surface area contributed by atoms with E-state index in [1.807, 2.05) is 36.4 Å².